The lowest BCUT2D eigenvalue weighted by Gasteiger charge is -2.30. The summed E-state index contributed by atoms with van der Waals surface area (Å²) >= 11 is 0. The van der Waals surface area contributed by atoms with Crippen LogP contribution in [0.1, 0.15) is 67.3 Å². The Labute approximate surface area is 176 Å². The van der Waals surface area contributed by atoms with E-state index in [9.17, 15) is 15.0 Å². The van der Waals surface area contributed by atoms with E-state index >= 15 is 0 Å². The number of ketones is 1. The number of rotatable bonds is 3. The van der Waals surface area contributed by atoms with E-state index in [1.54, 1.807) is 0 Å². The molecule has 5 nitrogen and oxygen atoms in total. The topological polar surface area (TPSA) is 76.0 Å². The normalized spacial score (nSPS) is 18.7. The Balaban J connectivity index is 1.73. The molecule has 156 valence electrons. The molecule has 4 rings (SSSR count). The molecule has 2 aromatic rings. The number of phenols is 2. The minimum absolute atomic E-state index is 0.0822. The zero-order chi connectivity index (χ0) is 21.6. The third-order valence-electron chi connectivity index (χ3n) is 5.41. The number of hydrogen-bond acceptors (Lipinski definition) is 5. The maximum Gasteiger partial charge on any atom is 0.174 e. The van der Waals surface area contributed by atoms with Gasteiger partial charge in [-0.3, -0.25) is 4.79 Å². The first-order valence-electron chi connectivity index (χ1n) is 10.1. The fourth-order valence-corrected chi connectivity index (χ4v) is 3.81. The van der Waals surface area contributed by atoms with Gasteiger partial charge >= 0.3 is 0 Å². The van der Waals surface area contributed by atoms with E-state index in [2.05, 4.69) is 0 Å². The van der Waals surface area contributed by atoms with Crippen molar-refractivity contribution in [2.24, 2.45) is 0 Å². The molecule has 2 heterocycles. The van der Waals surface area contributed by atoms with Crippen molar-refractivity contribution in [3.05, 3.63) is 64.2 Å². The molecule has 1 unspecified atom stereocenters. The molecule has 2 aliphatic rings. The number of carbonyl (C=O) groups is 1. The molecule has 0 amide bonds. The SMILES string of the molecule is CC(C)=CCc1c(O)cc(O)c2c1OC(c1ccc3c(c1)C=CC(C)(C)O3)CC2=O. The van der Waals surface area contributed by atoms with Crippen LogP contribution in [0.25, 0.3) is 6.08 Å². The van der Waals surface area contributed by atoms with Gasteiger partial charge in [-0.15, -0.1) is 0 Å². The molecule has 2 aromatic carbocycles. The molecule has 0 bridgehead atoms. The molecule has 2 aliphatic heterocycles. The Bertz CT molecular complexity index is 1090. The maximum absolute atomic E-state index is 12.9. The molecule has 0 saturated heterocycles. The van der Waals surface area contributed by atoms with Crippen LogP contribution in [-0.4, -0.2) is 21.6 Å². The van der Waals surface area contributed by atoms with Gasteiger partial charge in [-0.05, 0) is 57.9 Å². The molecule has 30 heavy (non-hydrogen) atoms. The van der Waals surface area contributed by atoms with Gasteiger partial charge in [0.15, 0.2) is 5.78 Å². The third-order valence-corrected chi connectivity index (χ3v) is 5.41. The monoisotopic (exact) mass is 406 g/mol. The van der Waals surface area contributed by atoms with E-state index in [1.807, 2.05) is 64.1 Å². The smallest absolute Gasteiger partial charge is 0.174 e. The van der Waals surface area contributed by atoms with Crippen molar-refractivity contribution in [3.8, 4) is 23.0 Å². The lowest BCUT2D eigenvalue weighted by atomic mass is 9.91. The molecular weight excluding hydrogens is 380 g/mol. The Kier molecular flexibility index (Phi) is 4.85. The van der Waals surface area contributed by atoms with Gasteiger partial charge in [-0.25, -0.2) is 0 Å². The third kappa shape index (κ3) is 3.67. The van der Waals surface area contributed by atoms with Gasteiger partial charge in [0.1, 0.15) is 40.3 Å². The summed E-state index contributed by atoms with van der Waals surface area (Å²) < 4.78 is 12.2. The Morgan fingerprint density at radius 2 is 1.97 bits per heavy atom. The fraction of sp³-hybridized carbons (Fsp3) is 0.320. The zero-order valence-electron chi connectivity index (χ0n) is 17.7. The molecule has 1 atom stereocenters. The number of ether oxygens (including phenoxy) is 2. The van der Waals surface area contributed by atoms with E-state index < -0.39 is 6.10 Å². The van der Waals surface area contributed by atoms with Gasteiger partial charge in [0, 0.05) is 17.2 Å². The van der Waals surface area contributed by atoms with Crippen LogP contribution in [0.5, 0.6) is 23.0 Å². The summed E-state index contributed by atoms with van der Waals surface area (Å²) in [6.45, 7) is 7.91. The Morgan fingerprint density at radius 3 is 2.70 bits per heavy atom. The summed E-state index contributed by atoms with van der Waals surface area (Å²) in [6.07, 6.45) is 5.97. The van der Waals surface area contributed by atoms with E-state index in [1.165, 1.54) is 6.07 Å². The summed E-state index contributed by atoms with van der Waals surface area (Å²) in [5, 5.41) is 20.7. The van der Waals surface area contributed by atoms with Gasteiger partial charge in [-0.1, -0.05) is 23.8 Å². The quantitative estimate of drug-likeness (QED) is 0.659. The second-order valence-corrected chi connectivity index (χ2v) is 8.65. The number of carbonyl (C=O) groups excluding carboxylic acids is 1. The average Bonchev–Trinajstić information content (AvgIpc) is 2.65. The molecular formula is C25H26O5. The van der Waals surface area contributed by atoms with E-state index in [4.69, 9.17) is 9.47 Å². The first kappa shape index (κ1) is 20.1. The average molecular weight is 406 g/mol. The van der Waals surface area contributed by atoms with Crippen LogP contribution in [-0.2, 0) is 6.42 Å². The minimum Gasteiger partial charge on any atom is -0.507 e. The van der Waals surface area contributed by atoms with Gasteiger partial charge in [0.25, 0.3) is 0 Å². The largest absolute Gasteiger partial charge is 0.507 e. The summed E-state index contributed by atoms with van der Waals surface area (Å²) in [4.78, 5) is 12.9. The number of allylic oxidation sites excluding steroid dienone is 2. The van der Waals surface area contributed by atoms with Crippen LogP contribution in [0.4, 0.5) is 0 Å². The van der Waals surface area contributed by atoms with Crippen LogP contribution < -0.4 is 9.47 Å². The molecule has 0 radical (unpaired) electrons. The fourth-order valence-electron chi connectivity index (χ4n) is 3.81. The number of aromatic hydroxyl groups is 2. The second-order valence-electron chi connectivity index (χ2n) is 8.65. The van der Waals surface area contributed by atoms with Crippen molar-refractivity contribution in [2.75, 3.05) is 0 Å². The highest BCUT2D eigenvalue weighted by molar-refractivity contribution is 6.03. The van der Waals surface area contributed by atoms with Crippen molar-refractivity contribution < 1.29 is 24.5 Å². The Morgan fingerprint density at radius 1 is 1.20 bits per heavy atom. The first-order chi connectivity index (χ1) is 14.1. The number of fused-ring (bicyclic) bond motifs is 2. The van der Waals surface area contributed by atoms with E-state index in [0.29, 0.717) is 12.0 Å². The van der Waals surface area contributed by atoms with Gasteiger partial charge < -0.3 is 19.7 Å². The summed E-state index contributed by atoms with van der Waals surface area (Å²) in [5.41, 5.74) is 3.14. The highest BCUT2D eigenvalue weighted by Gasteiger charge is 2.34. The van der Waals surface area contributed by atoms with Gasteiger partial charge in [0.05, 0.1) is 6.42 Å². The predicted molar refractivity (Wildman–Crippen MR) is 115 cm³/mol. The van der Waals surface area contributed by atoms with Crippen molar-refractivity contribution in [1.82, 2.24) is 0 Å². The lowest BCUT2D eigenvalue weighted by Crippen LogP contribution is -2.27. The number of phenolic OH excluding ortho intramolecular Hbond substituents is 2. The van der Waals surface area contributed by atoms with E-state index in [-0.39, 0.29) is 40.6 Å². The Hall–Kier alpha value is -3.21. The van der Waals surface area contributed by atoms with E-state index in [0.717, 1.165) is 22.4 Å². The van der Waals surface area contributed by atoms with Crippen molar-refractivity contribution >= 4 is 11.9 Å². The molecule has 0 spiro atoms. The summed E-state index contributed by atoms with van der Waals surface area (Å²) in [7, 11) is 0. The predicted octanol–water partition coefficient (Wildman–Crippen LogP) is 5.50. The van der Waals surface area contributed by atoms with Crippen LogP contribution in [0, 0.1) is 0 Å². The molecule has 0 saturated carbocycles. The van der Waals surface area contributed by atoms with Crippen molar-refractivity contribution in [1.29, 1.82) is 0 Å². The summed E-state index contributed by atoms with van der Waals surface area (Å²) in [6, 6.07) is 6.97. The highest BCUT2D eigenvalue weighted by Crippen LogP contribution is 2.46. The van der Waals surface area contributed by atoms with Gasteiger partial charge in [0.2, 0.25) is 0 Å². The highest BCUT2D eigenvalue weighted by atomic mass is 16.5. The minimum atomic E-state index is -0.509. The van der Waals surface area contributed by atoms with Crippen LogP contribution in [0.3, 0.4) is 0 Å². The van der Waals surface area contributed by atoms with Crippen molar-refractivity contribution in [3.63, 3.8) is 0 Å². The van der Waals surface area contributed by atoms with Crippen molar-refractivity contribution in [2.45, 2.75) is 52.2 Å². The van der Waals surface area contributed by atoms with Crippen LogP contribution in [0.15, 0.2) is 42.0 Å². The number of hydrogen-bond donors (Lipinski definition) is 2. The zero-order valence-corrected chi connectivity index (χ0v) is 17.7. The number of Topliss-reactive ketones (excluding diaryl/α,β-unsaturated/α-hetero) is 1. The molecule has 5 heteroatoms. The second kappa shape index (κ2) is 7.24. The lowest BCUT2D eigenvalue weighted by molar-refractivity contribution is 0.0842. The van der Waals surface area contributed by atoms with Crippen LogP contribution in [0.2, 0.25) is 0 Å². The molecule has 2 N–H and O–H groups in total. The standard InChI is InChI=1S/C25H26O5/c1-14(2)5-7-17-18(26)12-19(27)23-20(28)13-22(29-24(17)23)15-6-8-21-16(11-15)9-10-25(3,4)30-21/h5-6,8-12,22,26-27H,7,13H2,1-4H3. The van der Waals surface area contributed by atoms with Crippen LogP contribution >= 0.6 is 0 Å². The maximum atomic E-state index is 12.9. The molecule has 0 aliphatic carbocycles. The summed E-state index contributed by atoms with van der Waals surface area (Å²) in [5.74, 6) is 0.505. The first-order valence-corrected chi connectivity index (χ1v) is 10.1. The number of benzene rings is 2. The molecule has 0 aromatic heterocycles. The molecule has 0 fully saturated rings. The van der Waals surface area contributed by atoms with Gasteiger partial charge in [-0.2, -0.15) is 0 Å².